The van der Waals surface area contributed by atoms with Gasteiger partial charge >= 0.3 is 17.9 Å². The van der Waals surface area contributed by atoms with E-state index in [4.69, 9.17) is 14.2 Å². The predicted molar refractivity (Wildman–Crippen MR) is 289 cm³/mol. The summed E-state index contributed by atoms with van der Waals surface area (Å²) in [5.41, 5.74) is 0. The summed E-state index contributed by atoms with van der Waals surface area (Å²) in [6.45, 7) is 6.66. The Balaban J connectivity index is 4.14. The molecule has 0 aromatic carbocycles. The molecule has 0 fully saturated rings. The molecule has 396 valence electrons. The fourth-order valence-electron chi connectivity index (χ4n) is 9.21. The van der Waals surface area contributed by atoms with Crippen molar-refractivity contribution >= 4 is 17.9 Å². The third-order valence-electron chi connectivity index (χ3n) is 13.8. The van der Waals surface area contributed by atoms with Gasteiger partial charge in [-0.1, -0.05) is 290 Å². The zero-order chi connectivity index (χ0) is 48.6. The van der Waals surface area contributed by atoms with Crippen LogP contribution in [0.25, 0.3) is 0 Å². The van der Waals surface area contributed by atoms with Crippen LogP contribution in [0.1, 0.15) is 342 Å². The SMILES string of the molecule is CCCCC/C=C\CCCCCCCC(=O)OC(COC(=O)CCCCCCCCCCCCCC)COC(=O)CCCCCCCCCCCCCCCCCCCCCCCCCCC. The summed E-state index contributed by atoms with van der Waals surface area (Å²) < 4.78 is 16.9. The van der Waals surface area contributed by atoms with Gasteiger partial charge in [0, 0.05) is 19.3 Å². The Morgan fingerprint density at radius 1 is 0.284 bits per heavy atom. The van der Waals surface area contributed by atoms with Gasteiger partial charge in [0.15, 0.2) is 6.10 Å². The average Bonchev–Trinajstić information content (AvgIpc) is 3.33. The third-order valence-corrected chi connectivity index (χ3v) is 13.8. The summed E-state index contributed by atoms with van der Waals surface area (Å²) in [6.07, 6.45) is 65.1. The number of hydrogen-bond donors (Lipinski definition) is 0. The number of esters is 3. The quantitative estimate of drug-likeness (QED) is 0.0262. The fraction of sp³-hybridized carbons (Fsp3) is 0.918. The molecule has 0 bridgehead atoms. The lowest BCUT2D eigenvalue weighted by atomic mass is 10.0. The van der Waals surface area contributed by atoms with Gasteiger partial charge in [-0.25, -0.2) is 0 Å². The predicted octanol–water partition coefficient (Wildman–Crippen LogP) is 20.1. The molecule has 0 saturated carbocycles. The van der Waals surface area contributed by atoms with E-state index in [1.807, 2.05) is 0 Å². The molecular formula is C61H116O6. The topological polar surface area (TPSA) is 78.9 Å². The van der Waals surface area contributed by atoms with E-state index < -0.39 is 6.10 Å². The van der Waals surface area contributed by atoms with Crippen molar-refractivity contribution in [2.75, 3.05) is 13.2 Å². The van der Waals surface area contributed by atoms with Crippen molar-refractivity contribution in [3.8, 4) is 0 Å². The van der Waals surface area contributed by atoms with Crippen LogP contribution in [-0.2, 0) is 28.6 Å². The molecule has 0 aliphatic rings. The summed E-state index contributed by atoms with van der Waals surface area (Å²) in [5, 5.41) is 0. The molecule has 6 nitrogen and oxygen atoms in total. The van der Waals surface area contributed by atoms with E-state index in [0.29, 0.717) is 19.3 Å². The molecule has 6 heteroatoms. The molecule has 1 atom stereocenters. The first kappa shape index (κ1) is 65.1. The Bertz CT molecular complexity index is 1040. The second-order valence-electron chi connectivity index (χ2n) is 20.6. The Morgan fingerprint density at radius 3 is 0.776 bits per heavy atom. The molecule has 0 rings (SSSR count). The molecule has 0 aromatic rings. The lowest BCUT2D eigenvalue weighted by Gasteiger charge is -2.18. The van der Waals surface area contributed by atoms with Gasteiger partial charge in [-0.2, -0.15) is 0 Å². The van der Waals surface area contributed by atoms with Gasteiger partial charge in [0.25, 0.3) is 0 Å². The van der Waals surface area contributed by atoms with E-state index >= 15 is 0 Å². The van der Waals surface area contributed by atoms with Crippen molar-refractivity contribution in [3.63, 3.8) is 0 Å². The molecule has 0 radical (unpaired) electrons. The van der Waals surface area contributed by atoms with Gasteiger partial charge in [-0.15, -0.1) is 0 Å². The van der Waals surface area contributed by atoms with Crippen molar-refractivity contribution in [3.05, 3.63) is 12.2 Å². The first-order valence-electron chi connectivity index (χ1n) is 30.2. The lowest BCUT2D eigenvalue weighted by molar-refractivity contribution is -0.167. The van der Waals surface area contributed by atoms with Crippen molar-refractivity contribution in [2.24, 2.45) is 0 Å². The highest BCUT2D eigenvalue weighted by molar-refractivity contribution is 5.71. The average molecular weight is 946 g/mol. The monoisotopic (exact) mass is 945 g/mol. The fourth-order valence-corrected chi connectivity index (χ4v) is 9.21. The highest BCUT2D eigenvalue weighted by Gasteiger charge is 2.19. The first-order chi connectivity index (χ1) is 33.0. The summed E-state index contributed by atoms with van der Waals surface area (Å²) in [7, 11) is 0. The molecule has 0 aliphatic heterocycles. The molecule has 0 spiro atoms. The highest BCUT2D eigenvalue weighted by atomic mass is 16.6. The maximum absolute atomic E-state index is 12.8. The number of unbranched alkanes of at least 4 members (excludes halogenated alkanes) is 43. The normalized spacial score (nSPS) is 12.0. The number of allylic oxidation sites excluding steroid dienone is 2. The third kappa shape index (κ3) is 55.0. The number of carbonyl (C=O) groups excluding carboxylic acids is 3. The summed E-state index contributed by atoms with van der Waals surface area (Å²) in [6, 6.07) is 0. The lowest BCUT2D eigenvalue weighted by Crippen LogP contribution is -2.30. The van der Waals surface area contributed by atoms with Gasteiger partial charge in [0.1, 0.15) is 13.2 Å². The summed E-state index contributed by atoms with van der Waals surface area (Å²) in [5.74, 6) is -0.854. The largest absolute Gasteiger partial charge is 0.462 e. The van der Waals surface area contributed by atoms with Crippen LogP contribution in [0.4, 0.5) is 0 Å². The van der Waals surface area contributed by atoms with E-state index in [-0.39, 0.29) is 31.1 Å². The minimum absolute atomic E-state index is 0.0676. The van der Waals surface area contributed by atoms with Gasteiger partial charge in [-0.3, -0.25) is 14.4 Å². The van der Waals surface area contributed by atoms with Crippen LogP contribution >= 0.6 is 0 Å². The number of rotatable bonds is 56. The molecule has 0 N–H and O–H groups in total. The smallest absolute Gasteiger partial charge is 0.306 e. The standard InChI is InChI=1S/C61H116O6/c1-4-7-10-13-16-19-22-25-26-27-28-29-30-31-32-33-34-35-36-37-40-42-45-48-51-54-60(63)66-57-58(67-61(64)55-52-49-46-43-39-24-21-18-15-12-9-6-3)56-65-59(62)53-50-47-44-41-38-23-20-17-14-11-8-5-2/h18,21,58H,4-17,19-20,22-57H2,1-3H3/b21-18-. The molecule has 0 aliphatic carbocycles. The van der Waals surface area contributed by atoms with E-state index in [1.165, 1.54) is 238 Å². The molecule has 0 amide bonds. The maximum atomic E-state index is 12.8. The molecule has 67 heavy (non-hydrogen) atoms. The summed E-state index contributed by atoms with van der Waals surface area (Å²) in [4.78, 5) is 38.1. The Kier molecular flexibility index (Phi) is 55.2. The van der Waals surface area contributed by atoms with Crippen molar-refractivity contribution < 1.29 is 28.6 Å². The Labute approximate surface area is 418 Å². The Morgan fingerprint density at radius 2 is 0.493 bits per heavy atom. The van der Waals surface area contributed by atoms with Crippen LogP contribution in [0.2, 0.25) is 0 Å². The molecule has 0 heterocycles. The number of carbonyl (C=O) groups is 3. The zero-order valence-electron chi connectivity index (χ0n) is 45.5. The van der Waals surface area contributed by atoms with Crippen LogP contribution in [-0.4, -0.2) is 37.2 Å². The first-order valence-corrected chi connectivity index (χ1v) is 30.2. The minimum Gasteiger partial charge on any atom is -0.462 e. The molecule has 1 unspecified atom stereocenters. The summed E-state index contributed by atoms with van der Waals surface area (Å²) >= 11 is 0. The van der Waals surface area contributed by atoms with E-state index in [1.54, 1.807) is 0 Å². The van der Waals surface area contributed by atoms with Crippen molar-refractivity contribution in [1.82, 2.24) is 0 Å². The van der Waals surface area contributed by atoms with E-state index in [2.05, 4.69) is 32.9 Å². The highest BCUT2D eigenvalue weighted by Crippen LogP contribution is 2.18. The van der Waals surface area contributed by atoms with E-state index in [0.717, 1.165) is 64.2 Å². The van der Waals surface area contributed by atoms with Crippen LogP contribution < -0.4 is 0 Å². The maximum Gasteiger partial charge on any atom is 0.306 e. The van der Waals surface area contributed by atoms with Crippen LogP contribution in [0.3, 0.4) is 0 Å². The van der Waals surface area contributed by atoms with Gasteiger partial charge in [-0.05, 0) is 44.9 Å². The van der Waals surface area contributed by atoms with Crippen LogP contribution in [0.15, 0.2) is 12.2 Å². The second-order valence-corrected chi connectivity index (χ2v) is 20.6. The molecule has 0 aromatic heterocycles. The number of ether oxygens (including phenoxy) is 3. The van der Waals surface area contributed by atoms with Crippen molar-refractivity contribution in [1.29, 1.82) is 0 Å². The van der Waals surface area contributed by atoms with Crippen molar-refractivity contribution in [2.45, 2.75) is 348 Å². The van der Waals surface area contributed by atoms with Gasteiger partial charge in [0.05, 0.1) is 0 Å². The molecule has 0 saturated heterocycles. The zero-order valence-corrected chi connectivity index (χ0v) is 45.5. The van der Waals surface area contributed by atoms with Crippen LogP contribution in [0.5, 0.6) is 0 Å². The van der Waals surface area contributed by atoms with E-state index in [9.17, 15) is 14.4 Å². The van der Waals surface area contributed by atoms with Crippen LogP contribution in [0, 0.1) is 0 Å². The molecular weight excluding hydrogens is 829 g/mol. The number of hydrogen-bond acceptors (Lipinski definition) is 6. The minimum atomic E-state index is -0.768. The Hall–Kier alpha value is -1.85. The van der Waals surface area contributed by atoms with Gasteiger partial charge < -0.3 is 14.2 Å². The second kappa shape index (κ2) is 56.7. The van der Waals surface area contributed by atoms with Gasteiger partial charge in [0.2, 0.25) is 0 Å².